The first-order valence-electron chi connectivity index (χ1n) is 9.48. The zero-order valence-electron chi connectivity index (χ0n) is 16.4. The Hall–Kier alpha value is -3.17. The van der Waals surface area contributed by atoms with Gasteiger partial charge in [-0.1, -0.05) is 36.1 Å². The summed E-state index contributed by atoms with van der Waals surface area (Å²) in [7, 11) is 1.74. The van der Waals surface area contributed by atoms with Crippen LogP contribution in [0.5, 0.6) is 5.75 Å². The van der Waals surface area contributed by atoms with Crippen molar-refractivity contribution in [1.82, 2.24) is 10.2 Å². The molecule has 0 atom stereocenters. The summed E-state index contributed by atoms with van der Waals surface area (Å²) in [6.07, 6.45) is 1.81. The molecular formula is C23H22FN3O2. The highest BCUT2D eigenvalue weighted by atomic mass is 19.1. The van der Waals surface area contributed by atoms with Crippen LogP contribution in [-0.2, 0) is 4.74 Å². The van der Waals surface area contributed by atoms with Crippen molar-refractivity contribution >= 4 is 16.6 Å². The van der Waals surface area contributed by atoms with Crippen LogP contribution in [0.25, 0.3) is 22.0 Å². The first kappa shape index (κ1) is 19.2. The lowest BCUT2D eigenvalue weighted by atomic mass is 9.77. The Morgan fingerprint density at radius 3 is 2.66 bits per heavy atom. The van der Waals surface area contributed by atoms with E-state index in [2.05, 4.69) is 34.3 Å². The van der Waals surface area contributed by atoms with E-state index in [9.17, 15) is 9.50 Å². The number of aromatic hydroxyl groups is 1. The van der Waals surface area contributed by atoms with Gasteiger partial charge in [-0.3, -0.25) is 0 Å². The van der Waals surface area contributed by atoms with Gasteiger partial charge in [-0.25, -0.2) is 4.39 Å². The second kappa shape index (κ2) is 7.69. The first-order chi connectivity index (χ1) is 14.0. The van der Waals surface area contributed by atoms with E-state index in [0.717, 1.165) is 29.4 Å². The molecule has 4 rings (SSSR count). The number of benzene rings is 2. The van der Waals surface area contributed by atoms with Gasteiger partial charge in [0.25, 0.3) is 0 Å². The fourth-order valence-electron chi connectivity index (χ4n) is 3.80. The highest BCUT2D eigenvalue weighted by Gasteiger charge is 2.40. The third-order valence-corrected chi connectivity index (χ3v) is 5.43. The number of phenolic OH excluding ortho intramolecular Hbond substituents is 1. The molecule has 1 fully saturated rings. The van der Waals surface area contributed by atoms with Crippen molar-refractivity contribution in [2.24, 2.45) is 0 Å². The molecule has 29 heavy (non-hydrogen) atoms. The Morgan fingerprint density at radius 1 is 1.21 bits per heavy atom. The van der Waals surface area contributed by atoms with Crippen LogP contribution in [0.3, 0.4) is 0 Å². The van der Waals surface area contributed by atoms with E-state index in [4.69, 9.17) is 4.74 Å². The predicted molar refractivity (Wildman–Crippen MR) is 112 cm³/mol. The Kier molecular flexibility index (Phi) is 5.08. The third-order valence-electron chi connectivity index (χ3n) is 5.43. The van der Waals surface area contributed by atoms with E-state index in [1.165, 1.54) is 6.07 Å². The standard InChI is InChI=1S/C23H22FN3O2/c1-23(29-2)13-16(14-23)25-22-18-8-4-3-7-17(18)21(26-27-22)19-10-9-15(6-5-11-24)12-20(19)28/h3-4,7-10,12,16,28H,11,13-14H2,1-2H3,(H,25,27). The van der Waals surface area contributed by atoms with Crippen molar-refractivity contribution in [2.75, 3.05) is 19.1 Å². The lowest BCUT2D eigenvalue weighted by molar-refractivity contribution is -0.0625. The van der Waals surface area contributed by atoms with Crippen LogP contribution in [0.15, 0.2) is 42.5 Å². The number of nitrogens with zero attached hydrogens (tertiary/aromatic N) is 2. The Morgan fingerprint density at radius 2 is 1.97 bits per heavy atom. The van der Waals surface area contributed by atoms with Crippen molar-refractivity contribution in [3.05, 3.63) is 48.0 Å². The zero-order chi connectivity index (χ0) is 20.4. The summed E-state index contributed by atoms with van der Waals surface area (Å²) in [4.78, 5) is 0. The van der Waals surface area contributed by atoms with E-state index in [1.807, 2.05) is 24.3 Å². The van der Waals surface area contributed by atoms with Crippen LogP contribution in [0.2, 0.25) is 0 Å². The number of methoxy groups -OCH3 is 1. The molecule has 0 spiro atoms. The normalized spacial score (nSPS) is 20.6. The van der Waals surface area contributed by atoms with E-state index in [0.29, 0.717) is 16.8 Å². The summed E-state index contributed by atoms with van der Waals surface area (Å²) in [6.45, 7) is 1.38. The van der Waals surface area contributed by atoms with Gasteiger partial charge < -0.3 is 15.2 Å². The van der Waals surface area contributed by atoms with Crippen LogP contribution in [0.1, 0.15) is 25.3 Å². The summed E-state index contributed by atoms with van der Waals surface area (Å²) in [5.74, 6) is 5.77. The number of hydrogen-bond acceptors (Lipinski definition) is 5. The largest absolute Gasteiger partial charge is 0.507 e. The number of anilines is 1. The number of nitrogens with one attached hydrogen (secondary N) is 1. The fourth-order valence-corrected chi connectivity index (χ4v) is 3.80. The van der Waals surface area contributed by atoms with Crippen LogP contribution >= 0.6 is 0 Å². The zero-order valence-corrected chi connectivity index (χ0v) is 16.4. The minimum absolute atomic E-state index is 0.0330. The molecule has 5 nitrogen and oxygen atoms in total. The van der Waals surface area contributed by atoms with Gasteiger partial charge in [-0.15, -0.1) is 10.2 Å². The van der Waals surface area contributed by atoms with E-state index >= 15 is 0 Å². The van der Waals surface area contributed by atoms with Gasteiger partial charge in [-0.2, -0.15) is 0 Å². The summed E-state index contributed by atoms with van der Waals surface area (Å²) < 4.78 is 17.8. The summed E-state index contributed by atoms with van der Waals surface area (Å²) in [6, 6.07) is 13.1. The Bertz CT molecular complexity index is 1110. The molecular weight excluding hydrogens is 369 g/mol. The highest BCUT2D eigenvalue weighted by Crippen LogP contribution is 2.39. The van der Waals surface area contributed by atoms with E-state index in [-0.39, 0.29) is 17.4 Å². The van der Waals surface area contributed by atoms with Gasteiger partial charge in [0.2, 0.25) is 0 Å². The molecule has 0 aliphatic heterocycles. The molecule has 6 heteroatoms. The van der Waals surface area contributed by atoms with Crippen molar-refractivity contribution in [1.29, 1.82) is 0 Å². The lowest BCUT2D eigenvalue weighted by Crippen LogP contribution is -2.49. The summed E-state index contributed by atoms with van der Waals surface area (Å²) in [5.41, 5.74) is 1.61. The van der Waals surface area contributed by atoms with Gasteiger partial charge in [0.1, 0.15) is 11.4 Å². The number of halogens is 1. The molecule has 1 aromatic heterocycles. The van der Waals surface area contributed by atoms with Gasteiger partial charge in [0.05, 0.1) is 5.60 Å². The van der Waals surface area contributed by atoms with Crippen molar-refractivity contribution in [3.8, 4) is 28.8 Å². The number of fused-ring (bicyclic) bond motifs is 1. The van der Waals surface area contributed by atoms with Crippen molar-refractivity contribution < 1.29 is 14.2 Å². The number of ether oxygens (including phenoxy) is 1. The monoisotopic (exact) mass is 391 g/mol. The van der Waals surface area contributed by atoms with Crippen LogP contribution < -0.4 is 5.32 Å². The first-order valence-corrected chi connectivity index (χ1v) is 9.48. The average molecular weight is 391 g/mol. The maximum Gasteiger partial charge on any atom is 0.156 e. The molecule has 0 amide bonds. The molecule has 1 aliphatic rings. The number of hydrogen-bond donors (Lipinski definition) is 2. The molecule has 0 saturated heterocycles. The average Bonchev–Trinajstić information content (AvgIpc) is 2.71. The maximum absolute atomic E-state index is 12.3. The lowest BCUT2D eigenvalue weighted by Gasteiger charge is -2.44. The number of phenols is 1. The quantitative estimate of drug-likeness (QED) is 0.649. The second-order valence-electron chi connectivity index (χ2n) is 7.51. The Balaban J connectivity index is 1.69. The molecule has 0 bridgehead atoms. The minimum atomic E-state index is -0.725. The van der Waals surface area contributed by atoms with Gasteiger partial charge in [0, 0.05) is 35.1 Å². The van der Waals surface area contributed by atoms with Crippen LogP contribution in [0, 0.1) is 11.8 Å². The number of alkyl halides is 1. The van der Waals surface area contributed by atoms with Crippen molar-refractivity contribution in [2.45, 2.75) is 31.4 Å². The second-order valence-corrected chi connectivity index (χ2v) is 7.51. The smallest absolute Gasteiger partial charge is 0.156 e. The predicted octanol–water partition coefficient (Wildman–Crippen LogP) is 4.30. The van der Waals surface area contributed by atoms with Gasteiger partial charge in [-0.05, 0) is 38.0 Å². The molecule has 1 heterocycles. The van der Waals surface area contributed by atoms with Crippen LogP contribution in [0.4, 0.5) is 10.2 Å². The molecule has 2 aromatic carbocycles. The molecule has 148 valence electrons. The van der Waals surface area contributed by atoms with Crippen molar-refractivity contribution in [3.63, 3.8) is 0 Å². The molecule has 3 aromatic rings. The van der Waals surface area contributed by atoms with Crippen LogP contribution in [-0.4, -0.2) is 40.7 Å². The maximum atomic E-state index is 12.3. The molecule has 0 unspecified atom stereocenters. The van der Waals surface area contributed by atoms with E-state index in [1.54, 1.807) is 19.2 Å². The summed E-state index contributed by atoms with van der Waals surface area (Å²) >= 11 is 0. The fraction of sp³-hybridized carbons (Fsp3) is 0.304. The minimum Gasteiger partial charge on any atom is -0.507 e. The molecule has 1 aliphatic carbocycles. The number of aromatic nitrogens is 2. The van der Waals surface area contributed by atoms with E-state index < -0.39 is 6.67 Å². The molecule has 1 saturated carbocycles. The molecule has 2 N–H and O–H groups in total. The van der Waals surface area contributed by atoms with Gasteiger partial charge in [0.15, 0.2) is 12.5 Å². The summed E-state index contributed by atoms with van der Waals surface area (Å²) in [5, 5.41) is 24.6. The Labute approximate surface area is 168 Å². The SMILES string of the molecule is COC1(C)CC(Nc2nnc(-c3ccc(C#CCF)cc3O)c3ccccc23)C1. The highest BCUT2D eigenvalue weighted by molar-refractivity contribution is 6.01. The van der Waals surface area contributed by atoms with Gasteiger partial charge >= 0.3 is 0 Å². The number of rotatable bonds is 4. The topological polar surface area (TPSA) is 67.3 Å². The third kappa shape index (κ3) is 3.74. The molecule has 0 radical (unpaired) electrons.